The monoisotopic (exact) mass is 269 g/mol. The number of hydrogen-bond donors (Lipinski definition) is 1. The molecule has 2 N–H and O–H groups in total. The first-order valence-electron chi connectivity index (χ1n) is 5.42. The van der Waals surface area contributed by atoms with E-state index in [0.29, 0.717) is 18.1 Å². The van der Waals surface area contributed by atoms with Crippen LogP contribution in [0.4, 0.5) is 8.78 Å². The largest absolute Gasteiger partial charge is 0.326 e. The third-order valence-corrected chi connectivity index (χ3v) is 3.45. The number of halogens is 2. The van der Waals surface area contributed by atoms with Gasteiger partial charge in [0.2, 0.25) is 0 Å². The van der Waals surface area contributed by atoms with E-state index >= 15 is 0 Å². The SMILES string of the molecule is NCc1cccc(SCc2nccn2C(F)F)c1. The fraction of sp³-hybridized carbons (Fsp3) is 0.250. The second kappa shape index (κ2) is 5.97. The van der Waals surface area contributed by atoms with Gasteiger partial charge in [0.1, 0.15) is 5.82 Å². The molecule has 0 fully saturated rings. The number of aromatic nitrogens is 2. The molecule has 0 unspecified atom stereocenters. The van der Waals surface area contributed by atoms with E-state index in [1.165, 1.54) is 24.2 Å². The minimum atomic E-state index is -2.54. The average molecular weight is 269 g/mol. The zero-order valence-electron chi connectivity index (χ0n) is 9.59. The first-order valence-corrected chi connectivity index (χ1v) is 6.41. The van der Waals surface area contributed by atoms with Crippen LogP contribution in [0.5, 0.6) is 0 Å². The molecule has 18 heavy (non-hydrogen) atoms. The van der Waals surface area contributed by atoms with E-state index < -0.39 is 6.55 Å². The second-order valence-corrected chi connectivity index (χ2v) is 4.72. The highest BCUT2D eigenvalue weighted by Gasteiger charge is 2.11. The van der Waals surface area contributed by atoms with Gasteiger partial charge in [0.15, 0.2) is 0 Å². The third kappa shape index (κ3) is 3.08. The highest BCUT2D eigenvalue weighted by atomic mass is 32.2. The molecular weight excluding hydrogens is 256 g/mol. The highest BCUT2D eigenvalue weighted by Crippen LogP contribution is 2.24. The van der Waals surface area contributed by atoms with E-state index in [1.54, 1.807) is 0 Å². The molecule has 2 rings (SSSR count). The zero-order valence-corrected chi connectivity index (χ0v) is 10.4. The maximum absolute atomic E-state index is 12.6. The first-order chi connectivity index (χ1) is 8.70. The van der Waals surface area contributed by atoms with Gasteiger partial charge in [0, 0.05) is 23.8 Å². The van der Waals surface area contributed by atoms with Gasteiger partial charge < -0.3 is 5.73 Å². The molecular formula is C12H13F2N3S. The summed E-state index contributed by atoms with van der Waals surface area (Å²) in [6, 6.07) is 7.73. The molecule has 0 atom stereocenters. The van der Waals surface area contributed by atoms with Crippen molar-refractivity contribution in [2.75, 3.05) is 0 Å². The molecule has 0 spiro atoms. The molecule has 0 saturated carbocycles. The number of alkyl halides is 2. The maximum Gasteiger partial charge on any atom is 0.319 e. The molecule has 0 aliphatic heterocycles. The molecule has 1 heterocycles. The summed E-state index contributed by atoms with van der Waals surface area (Å²) < 4.78 is 26.1. The fourth-order valence-corrected chi connectivity index (χ4v) is 2.47. The van der Waals surface area contributed by atoms with E-state index in [9.17, 15) is 8.78 Å². The van der Waals surface area contributed by atoms with Crippen LogP contribution < -0.4 is 5.73 Å². The summed E-state index contributed by atoms with van der Waals surface area (Å²) in [6.45, 7) is -2.07. The van der Waals surface area contributed by atoms with Crippen LogP contribution in [-0.2, 0) is 12.3 Å². The Morgan fingerprint density at radius 1 is 1.39 bits per heavy atom. The molecule has 2 aromatic rings. The summed E-state index contributed by atoms with van der Waals surface area (Å²) in [4.78, 5) is 4.93. The standard InChI is InChI=1S/C12H13F2N3S/c13-12(14)17-5-4-16-11(17)8-18-10-3-1-2-9(6-10)7-15/h1-6,12H,7-8,15H2. The molecule has 0 bridgehead atoms. The number of benzene rings is 1. The smallest absolute Gasteiger partial charge is 0.319 e. The van der Waals surface area contributed by atoms with Crippen LogP contribution in [0.3, 0.4) is 0 Å². The Bertz CT molecular complexity index is 514. The molecule has 3 nitrogen and oxygen atoms in total. The van der Waals surface area contributed by atoms with Crippen molar-refractivity contribution in [2.24, 2.45) is 5.73 Å². The minimum Gasteiger partial charge on any atom is -0.326 e. The Morgan fingerprint density at radius 2 is 2.22 bits per heavy atom. The Hall–Kier alpha value is -1.40. The van der Waals surface area contributed by atoms with Gasteiger partial charge in [-0.15, -0.1) is 11.8 Å². The van der Waals surface area contributed by atoms with Crippen LogP contribution >= 0.6 is 11.8 Å². The van der Waals surface area contributed by atoms with Crippen molar-refractivity contribution >= 4 is 11.8 Å². The highest BCUT2D eigenvalue weighted by molar-refractivity contribution is 7.98. The van der Waals surface area contributed by atoms with E-state index in [2.05, 4.69) is 4.98 Å². The predicted octanol–water partition coefficient (Wildman–Crippen LogP) is 3.03. The maximum atomic E-state index is 12.6. The van der Waals surface area contributed by atoms with Gasteiger partial charge >= 0.3 is 6.55 Å². The summed E-state index contributed by atoms with van der Waals surface area (Å²) in [6.07, 6.45) is 2.68. The molecule has 6 heteroatoms. The van der Waals surface area contributed by atoms with Crippen molar-refractivity contribution in [1.29, 1.82) is 0 Å². The van der Waals surface area contributed by atoms with E-state index in [0.717, 1.165) is 15.0 Å². The van der Waals surface area contributed by atoms with Crippen LogP contribution in [0, 0.1) is 0 Å². The van der Waals surface area contributed by atoms with Crippen LogP contribution in [0.25, 0.3) is 0 Å². The number of thioether (sulfide) groups is 1. The molecule has 1 aromatic carbocycles. The number of nitrogens with two attached hydrogens (primary N) is 1. The number of imidazole rings is 1. The molecule has 96 valence electrons. The normalized spacial score (nSPS) is 11.1. The third-order valence-electron chi connectivity index (χ3n) is 2.46. The lowest BCUT2D eigenvalue weighted by Crippen LogP contribution is -2.02. The van der Waals surface area contributed by atoms with E-state index in [4.69, 9.17) is 5.73 Å². The van der Waals surface area contributed by atoms with Crippen molar-refractivity contribution in [3.05, 3.63) is 48.0 Å². The lowest BCUT2D eigenvalue weighted by molar-refractivity contribution is 0.0678. The van der Waals surface area contributed by atoms with Gasteiger partial charge in [0.25, 0.3) is 0 Å². The van der Waals surface area contributed by atoms with Crippen LogP contribution in [0.1, 0.15) is 17.9 Å². The molecule has 0 amide bonds. The first kappa shape index (κ1) is 13.0. The lowest BCUT2D eigenvalue weighted by atomic mass is 10.2. The van der Waals surface area contributed by atoms with Crippen LogP contribution in [0.2, 0.25) is 0 Å². The summed E-state index contributed by atoms with van der Waals surface area (Å²) in [5.41, 5.74) is 6.57. The quantitative estimate of drug-likeness (QED) is 0.848. The Kier molecular flexibility index (Phi) is 4.33. The fourth-order valence-electron chi connectivity index (χ4n) is 1.54. The molecule has 1 aromatic heterocycles. The van der Waals surface area contributed by atoms with Crippen molar-refractivity contribution in [3.63, 3.8) is 0 Å². The second-order valence-electron chi connectivity index (χ2n) is 3.67. The topological polar surface area (TPSA) is 43.8 Å². The van der Waals surface area contributed by atoms with Gasteiger partial charge in [-0.2, -0.15) is 8.78 Å². The van der Waals surface area contributed by atoms with Crippen molar-refractivity contribution < 1.29 is 8.78 Å². The van der Waals surface area contributed by atoms with E-state index in [-0.39, 0.29) is 0 Å². The van der Waals surface area contributed by atoms with Gasteiger partial charge in [0.05, 0.1) is 5.75 Å². The number of rotatable bonds is 5. The van der Waals surface area contributed by atoms with Crippen molar-refractivity contribution in [1.82, 2.24) is 9.55 Å². The number of hydrogen-bond acceptors (Lipinski definition) is 3. The Labute approximate surface area is 108 Å². The summed E-state index contributed by atoms with van der Waals surface area (Å²) in [5.74, 6) is 0.777. The van der Waals surface area contributed by atoms with Gasteiger partial charge in [-0.3, -0.25) is 4.57 Å². The molecule has 0 aliphatic carbocycles. The van der Waals surface area contributed by atoms with E-state index in [1.807, 2.05) is 24.3 Å². The van der Waals surface area contributed by atoms with Gasteiger partial charge in [-0.05, 0) is 17.7 Å². The predicted molar refractivity (Wildman–Crippen MR) is 67.4 cm³/mol. The average Bonchev–Trinajstić information content (AvgIpc) is 2.85. The molecule has 0 saturated heterocycles. The zero-order chi connectivity index (χ0) is 13.0. The van der Waals surface area contributed by atoms with Crippen molar-refractivity contribution in [2.45, 2.75) is 23.7 Å². The Morgan fingerprint density at radius 3 is 2.94 bits per heavy atom. The lowest BCUT2D eigenvalue weighted by Gasteiger charge is -2.06. The molecule has 0 aliphatic rings. The van der Waals surface area contributed by atoms with Gasteiger partial charge in [-0.25, -0.2) is 4.98 Å². The summed E-state index contributed by atoms with van der Waals surface area (Å²) in [5, 5.41) is 0. The Balaban J connectivity index is 2.04. The number of nitrogens with zero attached hydrogens (tertiary/aromatic N) is 2. The van der Waals surface area contributed by atoms with Crippen LogP contribution in [-0.4, -0.2) is 9.55 Å². The summed E-state index contributed by atoms with van der Waals surface area (Å²) >= 11 is 1.47. The summed E-state index contributed by atoms with van der Waals surface area (Å²) in [7, 11) is 0. The van der Waals surface area contributed by atoms with Gasteiger partial charge in [-0.1, -0.05) is 12.1 Å². The molecule has 0 radical (unpaired) electrons. The van der Waals surface area contributed by atoms with Crippen LogP contribution in [0.15, 0.2) is 41.6 Å². The van der Waals surface area contributed by atoms with Crippen molar-refractivity contribution in [3.8, 4) is 0 Å². The minimum absolute atomic E-state index is 0.369.